The molecule has 2 aromatic heterocycles. The number of hydrogen-bond acceptors (Lipinski definition) is 4. The van der Waals surface area contributed by atoms with Crippen molar-refractivity contribution in [3.05, 3.63) is 47.8 Å². The molecule has 3 aromatic rings. The minimum absolute atomic E-state index is 0.0150. The molecule has 0 radical (unpaired) electrons. The number of H-pyrrole nitrogens is 1. The van der Waals surface area contributed by atoms with Gasteiger partial charge in [0.15, 0.2) is 10.9 Å². The van der Waals surface area contributed by atoms with Gasteiger partial charge in [-0.15, -0.1) is 0 Å². The highest BCUT2D eigenvalue weighted by molar-refractivity contribution is 7.99. The number of fused-ring (bicyclic) bond motifs is 1. The number of carbonyl (C=O) groups is 2. The molecule has 1 fully saturated rings. The van der Waals surface area contributed by atoms with E-state index in [1.54, 1.807) is 12.3 Å². The van der Waals surface area contributed by atoms with Crippen LogP contribution in [-0.2, 0) is 7.05 Å². The van der Waals surface area contributed by atoms with Gasteiger partial charge in [0.1, 0.15) is 5.69 Å². The number of Topliss-reactive ketones (excluding diaryl/α,β-unsaturated/α-hetero) is 1. The molecule has 0 bridgehead atoms. The number of aryl methyl sites for hydroxylation is 1. The van der Waals surface area contributed by atoms with Crippen molar-refractivity contribution in [1.29, 1.82) is 0 Å². The lowest BCUT2D eigenvalue weighted by molar-refractivity contribution is 0.0787. The first-order valence-corrected chi connectivity index (χ1v) is 9.67. The van der Waals surface area contributed by atoms with E-state index in [0.717, 1.165) is 42.1 Å². The highest BCUT2D eigenvalue weighted by Crippen LogP contribution is 2.23. The molecule has 7 heteroatoms. The Morgan fingerprint density at radius 3 is 2.77 bits per heavy atom. The maximum absolute atomic E-state index is 12.5. The number of imidazole rings is 1. The number of nitrogens with zero attached hydrogens (tertiary/aromatic N) is 3. The second-order valence-corrected chi connectivity index (χ2v) is 7.40. The molecule has 0 aliphatic carbocycles. The minimum Gasteiger partial charge on any atom is -0.356 e. The summed E-state index contributed by atoms with van der Waals surface area (Å²) < 4.78 is 1.99. The number of rotatable bonds is 5. The first-order valence-electron chi connectivity index (χ1n) is 8.68. The van der Waals surface area contributed by atoms with Crippen LogP contribution in [0.25, 0.3) is 11.0 Å². The molecule has 0 saturated carbocycles. The normalized spacial score (nSPS) is 14.3. The van der Waals surface area contributed by atoms with Gasteiger partial charge in [0.2, 0.25) is 0 Å². The second kappa shape index (κ2) is 6.99. The van der Waals surface area contributed by atoms with Crippen molar-refractivity contribution >= 4 is 34.5 Å². The van der Waals surface area contributed by atoms with Crippen LogP contribution in [0.4, 0.5) is 0 Å². The molecular weight excluding hydrogens is 348 g/mol. The lowest BCUT2D eigenvalue weighted by atomic mass is 10.2. The molecule has 1 aromatic carbocycles. The number of aromatic amines is 1. The number of hydrogen-bond donors (Lipinski definition) is 1. The van der Waals surface area contributed by atoms with E-state index in [0.29, 0.717) is 11.3 Å². The summed E-state index contributed by atoms with van der Waals surface area (Å²) in [4.78, 5) is 34.2. The lowest BCUT2D eigenvalue weighted by Gasteiger charge is -2.13. The van der Waals surface area contributed by atoms with Crippen LogP contribution >= 0.6 is 11.8 Å². The number of benzene rings is 1. The Labute approximate surface area is 155 Å². The van der Waals surface area contributed by atoms with Crippen LogP contribution in [0, 0.1) is 0 Å². The van der Waals surface area contributed by atoms with Crippen molar-refractivity contribution in [2.24, 2.45) is 7.05 Å². The lowest BCUT2D eigenvalue weighted by Crippen LogP contribution is -2.27. The zero-order chi connectivity index (χ0) is 18.1. The maximum atomic E-state index is 12.5. The predicted molar refractivity (Wildman–Crippen MR) is 102 cm³/mol. The molecular formula is C19H20N4O2S. The highest BCUT2D eigenvalue weighted by Gasteiger charge is 2.22. The Kier molecular flexibility index (Phi) is 4.55. The number of likely N-dealkylation sites (tertiary alicyclic amines) is 1. The third-order valence-electron chi connectivity index (χ3n) is 4.71. The number of amides is 1. The van der Waals surface area contributed by atoms with E-state index in [1.165, 1.54) is 11.8 Å². The van der Waals surface area contributed by atoms with E-state index in [1.807, 2.05) is 40.8 Å². The molecule has 134 valence electrons. The first-order chi connectivity index (χ1) is 12.6. The number of carbonyl (C=O) groups excluding carboxylic acids is 2. The molecule has 1 aliphatic rings. The summed E-state index contributed by atoms with van der Waals surface area (Å²) in [5, 5.41) is 0.809. The SMILES string of the molecule is Cn1c(SCC(=O)c2c[nH]c(C(=O)N3CCCC3)c2)nc2ccccc21. The van der Waals surface area contributed by atoms with E-state index in [9.17, 15) is 9.59 Å². The van der Waals surface area contributed by atoms with Crippen LogP contribution in [0.1, 0.15) is 33.7 Å². The van der Waals surface area contributed by atoms with Gasteiger partial charge in [0.25, 0.3) is 5.91 Å². The van der Waals surface area contributed by atoms with Crippen LogP contribution in [0.2, 0.25) is 0 Å². The van der Waals surface area contributed by atoms with E-state index in [2.05, 4.69) is 9.97 Å². The summed E-state index contributed by atoms with van der Waals surface area (Å²) in [7, 11) is 1.95. The smallest absolute Gasteiger partial charge is 0.270 e. The fraction of sp³-hybridized carbons (Fsp3) is 0.316. The number of aromatic nitrogens is 3. The molecule has 6 nitrogen and oxygen atoms in total. The molecule has 0 unspecified atom stereocenters. The fourth-order valence-corrected chi connectivity index (χ4v) is 4.12. The standard InChI is InChI=1S/C19H20N4O2S/c1-22-16-7-3-2-6-14(16)21-19(22)26-12-17(24)13-10-15(20-11-13)18(25)23-8-4-5-9-23/h2-3,6-7,10-11,20H,4-5,8-9,12H2,1H3. The van der Waals surface area contributed by atoms with Crippen LogP contribution in [-0.4, -0.2) is 50.0 Å². The van der Waals surface area contributed by atoms with Crippen LogP contribution in [0.5, 0.6) is 0 Å². The van der Waals surface area contributed by atoms with E-state index in [4.69, 9.17) is 0 Å². The Balaban J connectivity index is 1.43. The highest BCUT2D eigenvalue weighted by atomic mass is 32.2. The van der Waals surface area contributed by atoms with Gasteiger partial charge in [-0.05, 0) is 31.0 Å². The quantitative estimate of drug-likeness (QED) is 0.555. The molecule has 26 heavy (non-hydrogen) atoms. The Morgan fingerprint density at radius 1 is 1.23 bits per heavy atom. The van der Waals surface area contributed by atoms with E-state index >= 15 is 0 Å². The topological polar surface area (TPSA) is 71.0 Å². The first kappa shape index (κ1) is 16.9. The molecule has 1 saturated heterocycles. The van der Waals surface area contributed by atoms with Gasteiger partial charge in [-0.2, -0.15) is 0 Å². The molecule has 1 N–H and O–H groups in total. The van der Waals surface area contributed by atoms with Crippen molar-refractivity contribution < 1.29 is 9.59 Å². The summed E-state index contributed by atoms with van der Waals surface area (Å²) in [6, 6.07) is 9.56. The molecule has 0 atom stereocenters. The summed E-state index contributed by atoms with van der Waals surface area (Å²) in [6.45, 7) is 1.59. The molecule has 1 amide bonds. The minimum atomic E-state index is -0.0236. The van der Waals surface area contributed by atoms with Gasteiger partial charge >= 0.3 is 0 Å². The van der Waals surface area contributed by atoms with E-state index < -0.39 is 0 Å². The fourth-order valence-electron chi connectivity index (χ4n) is 3.24. The van der Waals surface area contributed by atoms with Crippen LogP contribution in [0.3, 0.4) is 0 Å². The number of ketones is 1. The molecule has 1 aliphatic heterocycles. The summed E-state index contributed by atoms with van der Waals surface area (Å²) in [5.41, 5.74) is 2.99. The van der Waals surface area contributed by atoms with Crippen molar-refractivity contribution in [2.45, 2.75) is 18.0 Å². The molecule has 4 rings (SSSR count). The van der Waals surface area contributed by atoms with Gasteiger partial charge < -0.3 is 14.5 Å². The second-order valence-electron chi connectivity index (χ2n) is 6.46. The van der Waals surface area contributed by atoms with Crippen LogP contribution < -0.4 is 0 Å². The van der Waals surface area contributed by atoms with Crippen LogP contribution in [0.15, 0.2) is 41.7 Å². The van der Waals surface area contributed by atoms with Crippen molar-refractivity contribution in [1.82, 2.24) is 19.4 Å². The van der Waals surface area contributed by atoms with Gasteiger partial charge in [0.05, 0.1) is 16.8 Å². The van der Waals surface area contributed by atoms with Crippen molar-refractivity contribution in [2.75, 3.05) is 18.8 Å². The monoisotopic (exact) mass is 368 g/mol. The number of nitrogens with one attached hydrogen (secondary N) is 1. The van der Waals surface area contributed by atoms with Gasteiger partial charge in [-0.3, -0.25) is 9.59 Å². The number of para-hydroxylation sites is 2. The zero-order valence-electron chi connectivity index (χ0n) is 14.6. The summed E-state index contributed by atoms with van der Waals surface area (Å²) >= 11 is 1.41. The van der Waals surface area contributed by atoms with Crippen molar-refractivity contribution in [3.63, 3.8) is 0 Å². The predicted octanol–water partition coefficient (Wildman–Crippen LogP) is 3.11. The maximum Gasteiger partial charge on any atom is 0.270 e. The third kappa shape index (κ3) is 3.14. The van der Waals surface area contributed by atoms with Gasteiger partial charge in [-0.1, -0.05) is 23.9 Å². The summed E-state index contributed by atoms with van der Waals surface area (Å²) in [6.07, 6.45) is 3.72. The third-order valence-corrected chi connectivity index (χ3v) is 5.74. The van der Waals surface area contributed by atoms with Gasteiger partial charge in [0, 0.05) is 31.9 Å². The average Bonchev–Trinajstić information content (AvgIpc) is 3.40. The molecule has 0 spiro atoms. The Bertz CT molecular complexity index is 969. The Hall–Kier alpha value is -2.54. The zero-order valence-corrected chi connectivity index (χ0v) is 15.4. The largest absolute Gasteiger partial charge is 0.356 e. The van der Waals surface area contributed by atoms with Gasteiger partial charge in [-0.25, -0.2) is 4.98 Å². The molecule has 3 heterocycles. The average molecular weight is 368 g/mol. The van der Waals surface area contributed by atoms with E-state index in [-0.39, 0.29) is 17.4 Å². The van der Waals surface area contributed by atoms with Crippen molar-refractivity contribution in [3.8, 4) is 0 Å². The number of thioether (sulfide) groups is 1. The Morgan fingerprint density at radius 2 is 2.00 bits per heavy atom. The summed E-state index contributed by atoms with van der Waals surface area (Å²) in [5.74, 6) is 0.246.